The van der Waals surface area contributed by atoms with E-state index in [-0.39, 0.29) is 5.54 Å². The molecule has 2 amide bonds. The molecule has 0 aliphatic carbocycles. The second-order valence-electron chi connectivity index (χ2n) is 2.99. The number of carbonyl (C=O) groups excluding carboxylic acids is 1. The van der Waals surface area contributed by atoms with Crippen molar-refractivity contribution in [1.29, 1.82) is 5.41 Å². The Kier molecular flexibility index (Phi) is 7.11. The van der Waals surface area contributed by atoms with Crippen molar-refractivity contribution in [3.05, 3.63) is 0 Å². The Bertz CT molecular complexity index is 141. The quantitative estimate of drug-likeness (QED) is 0.255. The molecule has 6 heteroatoms. The highest BCUT2D eigenvalue weighted by molar-refractivity contribution is 5.72. The van der Waals surface area contributed by atoms with Crippen LogP contribution in [0.1, 0.15) is 20.8 Å². The highest BCUT2D eigenvalue weighted by Gasteiger charge is 2.09. The fraction of sp³-hybridized carbons (Fsp3) is 0.667. The fourth-order valence-corrected chi connectivity index (χ4v) is 0.370. The van der Waals surface area contributed by atoms with Crippen LogP contribution in [0.4, 0.5) is 4.79 Å². The number of rotatable bonds is 1. The number of amides is 2. The first-order valence-electron chi connectivity index (χ1n) is 3.25. The van der Waals surface area contributed by atoms with Crippen LogP contribution < -0.4 is 16.9 Å². The van der Waals surface area contributed by atoms with Gasteiger partial charge in [0.05, 0.1) is 0 Å². The summed E-state index contributed by atoms with van der Waals surface area (Å²) in [4.78, 5) is 13.7. The van der Waals surface area contributed by atoms with Crippen molar-refractivity contribution in [2.24, 2.45) is 11.6 Å². The fourth-order valence-electron chi connectivity index (χ4n) is 0.370. The molecule has 0 bridgehead atoms. The van der Waals surface area contributed by atoms with Crippen molar-refractivity contribution in [3.63, 3.8) is 0 Å². The van der Waals surface area contributed by atoms with Gasteiger partial charge in [0, 0.05) is 5.54 Å². The van der Waals surface area contributed by atoms with E-state index in [9.17, 15) is 4.79 Å². The molecule has 0 aromatic heterocycles. The summed E-state index contributed by atoms with van der Waals surface area (Å²) in [5.41, 5.74) is 4.63. The van der Waals surface area contributed by atoms with Crippen LogP contribution in [0.2, 0.25) is 0 Å². The molecule has 72 valence electrons. The third kappa shape index (κ3) is 23.4. The Morgan fingerprint density at radius 1 is 1.58 bits per heavy atom. The van der Waals surface area contributed by atoms with E-state index in [1.54, 1.807) is 0 Å². The number of carbonyl (C=O) groups is 1. The van der Waals surface area contributed by atoms with Gasteiger partial charge >= 0.3 is 6.03 Å². The lowest BCUT2D eigenvalue weighted by Crippen LogP contribution is -2.43. The molecule has 0 aliphatic heterocycles. The lowest BCUT2D eigenvalue weighted by Gasteiger charge is -2.17. The molecule has 0 radical (unpaired) electrons. The van der Waals surface area contributed by atoms with E-state index in [0.29, 0.717) is 6.40 Å². The molecular formula is C6H16N4O2. The Balaban J connectivity index is 0. The number of hydrogen-bond acceptors (Lipinski definition) is 4. The SMILES string of the molecule is CC(C)(C)NC(N)=O.N=CON. The number of nitrogens with two attached hydrogens (primary N) is 2. The highest BCUT2D eigenvalue weighted by atomic mass is 16.6. The lowest BCUT2D eigenvalue weighted by molar-refractivity contribution is 0.240. The standard InChI is InChI=1S/C5H12N2O.CH4N2O/c1-5(2,3)7-4(6)8;2-1-4-3/h1-3H3,(H3,6,7,8);1-2H,3H2. The molecule has 6 N–H and O–H groups in total. The maximum absolute atomic E-state index is 10.1. The van der Waals surface area contributed by atoms with Crippen LogP contribution in [0.5, 0.6) is 0 Å². The Hall–Kier alpha value is -1.30. The molecule has 0 rings (SSSR count). The zero-order valence-electron chi connectivity index (χ0n) is 7.55. The van der Waals surface area contributed by atoms with Crippen molar-refractivity contribution >= 4 is 12.4 Å². The first kappa shape index (κ1) is 13.3. The lowest BCUT2D eigenvalue weighted by atomic mass is 10.1. The average molecular weight is 176 g/mol. The second kappa shape index (κ2) is 6.41. The van der Waals surface area contributed by atoms with Crippen LogP contribution >= 0.6 is 0 Å². The van der Waals surface area contributed by atoms with Gasteiger partial charge in [-0.3, -0.25) is 5.41 Å². The molecule has 0 saturated carbocycles. The largest absolute Gasteiger partial charge is 0.400 e. The number of nitrogens with one attached hydrogen (secondary N) is 2. The minimum absolute atomic E-state index is 0.203. The molecule has 0 fully saturated rings. The number of primary amides is 1. The first-order valence-corrected chi connectivity index (χ1v) is 3.25. The number of hydrogen-bond donors (Lipinski definition) is 4. The van der Waals surface area contributed by atoms with Gasteiger partial charge in [-0.2, -0.15) is 5.90 Å². The van der Waals surface area contributed by atoms with Crippen LogP contribution in [-0.2, 0) is 4.84 Å². The average Bonchev–Trinajstić information content (AvgIpc) is 1.83. The minimum Gasteiger partial charge on any atom is -0.400 e. The third-order valence-electron chi connectivity index (χ3n) is 0.566. The minimum atomic E-state index is -0.475. The van der Waals surface area contributed by atoms with Gasteiger partial charge in [-0.15, -0.1) is 0 Å². The monoisotopic (exact) mass is 176 g/mol. The summed E-state index contributed by atoms with van der Waals surface area (Å²) in [7, 11) is 0. The van der Waals surface area contributed by atoms with E-state index < -0.39 is 6.03 Å². The van der Waals surface area contributed by atoms with Crippen LogP contribution in [-0.4, -0.2) is 18.0 Å². The summed E-state index contributed by atoms with van der Waals surface area (Å²) >= 11 is 0. The summed E-state index contributed by atoms with van der Waals surface area (Å²) in [6.45, 7) is 5.62. The Morgan fingerprint density at radius 2 is 1.92 bits per heavy atom. The number of urea groups is 1. The van der Waals surface area contributed by atoms with E-state index in [1.807, 2.05) is 20.8 Å². The van der Waals surface area contributed by atoms with E-state index in [0.717, 1.165) is 0 Å². The van der Waals surface area contributed by atoms with E-state index >= 15 is 0 Å². The molecule has 0 heterocycles. The van der Waals surface area contributed by atoms with Gasteiger partial charge in [0.15, 0.2) is 6.40 Å². The highest BCUT2D eigenvalue weighted by Crippen LogP contribution is 1.95. The normalized spacial score (nSPS) is 9.00. The molecule has 0 aliphatic rings. The summed E-state index contributed by atoms with van der Waals surface area (Å²) in [6.07, 6.45) is 0.653. The van der Waals surface area contributed by atoms with Gasteiger partial charge in [0.2, 0.25) is 0 Å². The first-order chi connectivity index (χ1) is 5.33. The Labute approximate surface area is 71.7 Å². The molecule has 0 saturated heterocycles. The van der Waals surface area contributed by atoms with Crippen molar-refractivity contribution in [2.75, 3.05) is 0 Å². The topological polar surface area (TPSA) is 114 Å². The van der Waals surface area contributed by atoms with Crippen LogP contribution in [0.3, 0.4) is 0 Å². The third-order valence-corrected chi connectivity index (χ3v) is 0.566. The zero-order chi connectivity index (χ0) is 10.2. The van der Waals surface area contributed by atoms with Crippen molar-refractivity contribution in [2.45, 2.75) is 26.3 Å². The van der Waals surface area contributed by atoms with Gasteiger partial charge in [0.1, 0.15) is 0 Å². The van der Waals surface area contributed by atoms with Crippen molar-refractivity contribution < 1.29 is 9.63 Å². The zero-order valence-corrected chi connectivity index (χ0v) is 7.55. The Morgan fingerprint density at radius 3 is 1.92 bits per heavy atom. The molecule has 0 aromatic rings. The maximum Gasteiger partial charge on any atom is 0.312 e. The van der Waals surface area contributed by atoms with E-state index in [4.69, 9.17) is 11.1 Å². The summed E-state index contributed by atoms with van der Waals surface area (Å²) in [6, 6.07) is -0.475. The van der Waals surface area contributed by atoms with E-state index in [1.165, 1.54) is 0 Å². The van der Waals surface area contributed by atoms with Crippen LogP contribution in [0.15, 0.2) is 0 Å². The van der Waals surface area contributed by atoms with Crippen LogP contribution in [0.25, 0.3) is 0 Å². The van der Waals surface area contributed by atoms with Gasteiger partial charge in [-0.1, -0.05) is 0 Å². The van der Waals surface area contributed by atoms with Gasteiger partial charge in [-0.25, -0.2) is 4.79 Å². The van der Waals surface area contributed by atoms with Gasteiger partial charge in [-0.05, 0) is 20.8 Å². The van der Waals surface area contributed by atoms with E-state index in [2.05, 4.69) is 16.1 Å². The molecule has 0 atom stereocenters. The maximum atomic E-state index is 10.1. The van der Waals surface area contributed by atoms with Gasteiger partial charge < -0.3 is 15.9 Å². The molecule has 12 heavy (non-hydrogen) atoms. The molecular weight excluding hydrogens is 160 g/mol. The summed E-state index contributed by atoms with van der Waals surface area (Å²) in [5.74, 6) is 4.28. The van der Waals surface area contributed by atoms with Crippen molar-refractivity contribution in [3.8, 4) is 0 Å². The molecule has 0 spiro atoms. The predicted molar refractivity (Wildman–Crippen MR) is 46.5 cm³/mol. The predicted octanol–water partition coefficient (Wildman–Crippen LogP) is -0.0630. The smallest absolute Gasteiger partial charge is 0.312 e. The molecule has 6 nitrogen and oxygen atoms in total. The van der Waals surface area contributed by atoms with Crippen molar-refractivity contribution in [1.82, 2.24) is 5.32 Å². The molecule has 0 aromatic carbocycles. The summed E-state index contributed by atoms with van der Waals surface area (Å²) < 4.78 is 0. The van der Waals surface area contributed by atoms with Crippen LogP contribution in [0, 0.1) is 5.41 Å². The molecule has 0 unspecified atom stereocenters. The second-order valence-corrected chi connectivity index (χ2v) is 2.99. The summed E-state index contributed by atoms with van der Waals surface area (Å²) in [5, 5.41) is 8.50. The van der Waals surface area contributed by atoms with Gasteiger partial charge in [0.25, 0.3) is 0 Å².